The number of aliphatic hydroxyl groups is 1. The Morgan fingerprint density at radius 3 is 3.00 bits per heavy atom. The van der Waals surface area contributed by atoms with E-state index in [9.17, 15) is 14.7 Å². The Morgan fingerprint density at radius 1 is 1.44 bits per heavy atom. The van der Waals surface area contributed by atoms with E-state index in [2.05, 4.69) is 9.97 Å². The summed E-state index contributed by atoms with van der Waals surface area (Å²) in [7, 11) is 0. The summed E-state index contributed by atoms with van der Waals surface area (Å²) in [4.78, 5) is 32.5. The first-order valence-corrected chi connectivity index (χ1v) is 8.06. The van der Waals surface area contributed by atoms with E-state index in [1.54, 1.807) is 18.2 Å². The highest BCUT2D eigenvalue weighted by atomic mass is 16.4. The SMILES string of the molecule is O=C(O)Cc1ccc2oc3c(=O)[nH]c(CN4CC[C@H](O)C4)nc3c2c1. The number of aliphatic carboxylic acids is 1. The summed E-state index contributed by atoms with van der Waals surface area (Å²) in [6, 6.07) is 5.02. The molecule has 1 saturated heterocycles. The van der Waals surface area contributed by atoms with Crippen molar-refractivity contribution in [2.75, 3.05) is 13.1 Å². The Labute approximate surface area is 141 Å². The van der Waals surface area contributed by atoms with Crippen LogP contribution < -0.4 is 5.56 Å². The van der Waals surface area contributed by atoms with E-state index in [0.717, 1.165) is 6.54 Å². The molecule has 8 heteroatoms. The molecule has 1 aromatic carbocycles. The normalized spacial score (nSPS) is 18.4. The van der Waals surface area contributed by atoms with Gasteiger partial charge in [0, 0.05) is 18.5 Å². The zero-order chi connectivity index (χ0) is 17.6. The lowest BCUT2D eigenvalue weighted by atomic mass is 10.1. The van der Waals surface area contributed by atoms with Crippen LogP contribution in [0.3, 0.4) is 0 Å². The molecule has 3 aromatic rings. The van der Waals surface area contributed by atoms with E-state index in [1.165, 1.54) is 0 Å². The van der Waals surface area contributed by atoms with Gasteiger partial charge in [0.2, 0.25) is 5.58 Å². The second kappa shape index (κ2) is 5.98. The molecule has 25 heavy (non-hydrogen) atoms. The van der Waals surface area contributed by atoms with E-state index in [0.29, 0.717) is 47.4 Å². The predicted molar refractivity (Wildman–Crippen MR) is 89.4 cm³/mol. The molecular weight excluding hydrogens is 326 g/mol. The van der Waals surface area contributed by atoms with Gasteiger partial charge in [0.25, 0.3) is 5.56 Å². The Hall–Kier alpha value is -2.71. The molecule has 8 nitrogen and oxygen atoms in total. The van der Waals surface area contributed by atoms with Crippen molar-refractivity contribution in [2.24, 2.45) is 0 Å². The van der Waals surface area contributed by atoms with E-state index in [-0.39, 0.29) is 23.7 Å². The van der Waals surface area contributed by atoms with Crippen molar-refractivity contribution in [2.45, 2.75) is 25.5 Å². The summed E-state index contributed by atoms with van der Waals surface area (Å²) in [5.41, 5.74) is 1.31. The Morgan fingerprint density at radius 2 is 2.28 bits per heavy atom. The molecule has 3 N–H and O–H groups in total. The monoisotopic (exact) mass is 343 g/mol. The number of H-pyrrole nitrogens is 1. The van der Waals surface area contributed by atoms with Gasteiger partial charge in [-0.3, -0.25) is 14.5 Å². The van der Waals surface area contributed by atoms with Crippen LogP contribution >= 0.6 is 0 Å². The molecule has 3 heterocycles. The van der Waals surface area contributed by atoms with Crippen LogP contribution in [0, 0.1) is 0 Å². The molecule has 0 spiro atoms. The Balaban J connectivity index is 1.78. The van der Waals surface area contributed by atoms with Crippen LogP contribution in [0.1, 0.15) is 17.8 Å². The van der Waals surface area contributed by atoms with Crippen molar-refractivity contribution in [3.8, 4) is 0 Å². The van der Waals surface area contributed by atoms with Gasteiger partial charge in [0.05, 0.1) is 19.1 Å². The number of furan rings is 1. The summed E-state index contributed by atoms with van der Waals surface area (Å²) in [5.74, 6) is -0.427. The molecule has 0 unspecified atom stereocenters. The average Bonchev–Trinajstić information content (AvgIpc) is 3.11. The van der Waals surface area contributed by atoms with Crippen molar-refractivity contribution in [3.63, 3.8) is 0 Å². The molecule has 0 aliphatic carbocycles. The van der Waals surface area contributed by atoms with Gasteiger partial charge in [0.1, 0.15) is 16.9 Å². The minimum absolute atomic E-state index is 0.107. The molecule has 0 saturated carbocycles. The standard InChI is InChI=1S/C17H17N3O5/c21-10-3-4-20(7-10)8-13-18-15-11-5-9(6-14(22)23)1-2-12(11)25-16(15)17(24)19-13/h1-2,5,10,21H,3-4,6-8H2,(H,22,23)(H,18,19,24)/t10-/m0/s1. The summed E-state index contributed by atoms with van der Waals surface area (Å²) < 4.78 is 5.58. The molecule has 1 fully saturated rings. The van der Waals surface area contributed by atoms with Crippen molar-refractivity contribution >= 4 is 28.0 Å². The van der Waals surface area contributed by atoms with Crippen LogP contribution in [0.15, 0.2) is 27.4 Å². The maximum atomic E-state index is 12.3. The number of β-amino-alcohol motifs (C(OH)–C–C–N with tert-alkyl or cyclic N) is 1. The van der Waals surface area contributed by atoms with Crippen LogP contribution in [-0.4, -0.2) is 50.2 Å². The van der Waals surface area contributed by atoms with Crippen molar-refractivity contribution < 1.29 is 19.4 Å². The molecule has 4 rings (SSSR count). The number of nitrogens with one attached hydrogen (secondary N) is 1. The fraction of sp³-hybridized carbons (Fsp3) is 0.353. The third-order valence-corrected chi connectivity index (χ3v) is 4.41. The van der Waals surface area contributed by atoms with Gasteiger partial charge in [0.15, 0.2) is 0 Å². The largest absolute Gasteiger partial charge is 0.481 e. The van der Waals surface area contributed by atoms with Gasteiger partial charge in [-0.1, -0.05) is 6.07 Å². The quantitative estimate of drug-likeness (QED) is 0.643. The number of carbonyl (C=O) groups is 1. The lowest BCUT2D eigenvalue weighted by molar-refractivity contribution is -0.136. The van der Waals surface area contributed by atoms with Gasteiger partial charge in [-0.05, 0) is 24.1 Å². The zero-order valence-corrected chi connectivity index (χ0v) is 13.4. The first-order valence-electron chi connectivity index (χ1n) is 8.06. The number of hydrogen-bond acceptors (Lipinski definition) is 6. The minimum Gasteiger partial charge on any atom is -0.481 e. The van der Waals surface area contributed by atoms with Crippen LogP contribution in [0.4, 0.5) is 0 Å². The number of carboxylic acid groups (broad SMARTS) is 1. The molecule has 130 valence electrons. The van der Waals surface area contributed by atoms with Gasteiger partial charge >= 0.3 is 5.97 Å². The number of rotatable bonds is 4. The highest BCUT2D eigenvalue weighted by Gasteiger charge is 2.22. The van der Waals surface area contributed by atoms with Crippen LogP contribution in [0.2, 0.25) is 0 Å². The summed E-state index contributed by atoms with van der Waals surface area (Å²) in [6.07, 6.45) is 0.257. The van der Waals surface area contributed by atoms with Crippen molar-refractivity contribution in [1.29, 1.82) is 0 Å². The summed E-state index contributed by atoms with van der Waals surface area (Å²) in [6.45, 7) is 1.73. The molecule has 2 aromatic heterocycles. The number of carboxylic acids is 1. The molecule has 0 bridgehead atoms. The first kappa shape index (κ1) is 15.8. The second-order valence-corrected chi connectivity index (χ2v) is 6.37. The number of fused-ring (bicyclic) bond motifs is 3. The molecule has 1 aliphatic rings. The van der Waals surface area contributed by atoms with Crippen LogP contribution in [-0.2, 0) is 17.8 Å². The lowest BCUT2D eigenvalue weighted by Gasteiger charge is -2.13. The number of benzene rings is 1. The maximum Gasteiger partial charge on any atom is 0.307 e. The Bertz CT molecular complexity index is 1020. The number of likely N-dealkylation sites (tertiary alicyclic amines) is 1. The van der Waals surface area contributed by atoms with Crippen LogP contribution in [0.25, 0.3) is 22.1 Å². The number of aliphatic hydroxyl groups excluding tert-OH is 1. The smallest absolute Gasteiger partial charge is 0.307 e. The third kappa shape index (κ3) is 3.01. The van der Waals surface area contributed by atoms with Crippen molar-refractivity contribution in [3.05, 3.63) is 39.9 Å². The topological polar surface area (TPSA) is 120 Å². The molecule has 0 radical (unpaired) electrons. The number of aromatic nitrogens is 2. The van der Waals surface area contributed by atoms with E-state index >= 15 is 0 Å². The number of nitrogens with zero attached hydrogens (tertiary/aromatic N) is 2. The molecular formula is C17H17N3O5. The Kier molecular flexibility index (Phi) is 3.78. The molecule has 1 atom stereocenters. The van der Waals surface area contributed by atoms with Gasteiger partial charge < -0.3 is 19.6 Å². The zero-order valence-electron chi connectivity index (χ0n) is 13.4. The number of aromatic amines is 1. The minimum atomic E-state index is -0.925. The van der Waals surface area contributed by atoms with Crippen molar-refractivity contribution in [1.82, 2.24) is 14.9 Å². The maximum absolute atomic E-state index is 12.3. The first-order chi connectivity index (χ1) is 12.0. The van der Waals surface area contributed by atoms with E-state index in [4.69, 9.17) is 9.52 Å². The highest BCUT2D eigenvalue weighted by molar-refractivity contribution is 6.02. The number of hydrogen-bond donors (Lipinski definition) is 3. The summed E-state index contributed by atoms with van der Waals surface area (Å²) >= 11 is 0. The van der Waals surface area contributed by atoms with Crippen LogP contribution in [0.5, 0.6) is 0 Å². The molecule has 0 amide bonds. The van der Waals surface area contributed by atoms with Gasteiger partial charge in [-0.15, -0.1) is 0 Å². The fourth-order valence-corrected chi connectivity index (χ4v) is 3.27. The molecule has 1 aliphatic heterocycles. The van der Waals surface area contributed by atoms with E-state index in [1.807, 2.05) is 4.90 Å². The van der Waals surface area contributed by atoms with Gasteiger partial charge in [-0.2, -0.15) is 0 Å². The second-order valence-electron chi connectivity index (χ2n) is 6.37. The third-order valence-electron chi connectivity index (χ3n) is 4.41. The predicted octanol–water partition coefficient (Wildman–Crippen LogP) is 0.863. The van der Waals surface area contributed by atoms with E-state index < -0.39 is 5.97 Å². The summed E-state index contributed by atoms with van der Waals surface area (Å²) in [5, 5.41) is 19.2. The lowest BCUT2D eigenvalue weighted by Crippen LogP contribution is -2.24. The average molecular weight is 343 g/mol. The fourth-order valence-electron chi connectivity index (χ4n) is 3.27. The van der Waals surface area contributed by atoms with Gasteiger partial charge in [-0.25, -0.2) is 4.98 Å². The highest BCUT2D eigenvalue weighted by Crippen LogP contribution is 2.26.